The average Bonchev–Trinajstić information content (AvgIpc) is 3.37. The third-order valence-corrected chi connectivity index (χ3v) is 4.20. The number of carbonyl (C=O) groups is 1. The summed E-state index contributed by atoms with van der Waals surface area (Å²) < 4.78 is 5.11. The van der Waals surface area contributed by atoms with Crippen LogP contribution in [0.25, 0.3) is 0 Å². The van der Waals surface area contributed by atoms with E-state index in [0.29, 0.717) is 11.8 Å². The number of pyridine rings is 1. The van der Waals surface area contributed by atoms with Crippen molar-refractivity contribution in [2.45, 2.75) is 25.3 Å². The Kier molecular flexibility index (Phi) is 4.57. The van der Waals surface area contributed by atoms with E-state index in [4.69, 9.17) is 10.5 Å². The highest BCUT2D eigenvalue weighted by Crippen LogP contribution is 2.47. The van der Waals surface area contributed by atoms with E-state index in [1.165, 1.54) is 5.56 Å². The van der Waals surface area contributed by atoms with Crippen LogP contribution < -0.4 is 15.8 Å². The zero-order valence-corrected chi connectivity index (χ0v) is 13.1. The van der Waals surface area contributed by atoms with Gasteiger partial charge in [0.15, 0.2) is 0 Å². The Labute approximate surface area is 135 Å². The lowest BCUT2D eigenvalue weighted by molar-refractivity contribution is -0.123. The van der Waals surface area contributed by atoms with E-state index in [1.54, 1.807) is 12.3 Å². The summed E-state index contributed by atoms with van der Waals surface area (Å²) >= 11 is 0. The fourth-order valence-corrected chi connectivity index (χ4v) is 2.78. The van der Waals surface area contributed by atoms with Gasteiger partial charge >= 0.3 is 0 Å². The SMILES string of the molecule is C[C@H](NC(=O)[C@H]1C[C@@H]1c1ccccc1)c1ccc(OCN)nc1. The summed E-state index contributed by atoms with van der Waals surface area (Å²) in [5, 5.41) is 3.06. The van der Waals surface area contributed by atoms with Gasteiger partial charge in [-0.05, 0) is 30.4 Å². The third-order valence-electron chi connectivity index (χ3n) is 4.20. The number of nitrogens with one attached hydrogen (secondary N) is 1. The van der Waals surface area contributed by atoms with E-state index in [1.807, 2.05) is 31.2 Å². The van der Waals surface area contributed by atoms with Crippen LogP contribution in [0.4, 0.5) is 0 Å². The molecule has 0 bridgehead atoms. The molecule has 3 rings (SSSR count). The molecule has 5 nitrogen and oxygen atoms in total. The maximum absolute atomic E-state index is 12.4. The lowest BCUT2D eigenvalue weighted by Gasteiger charge is -2.14. The molecule has 0 radical (unpaired) electrons. The molecule has 3 N–H and O–H groups in total. The molecule has 0 spiro atoms. The molecule has 1 aromatic carbocycles. The van der Waals surface area contributed by atoms with E-state index in [2.05, 4.69) is 22.4 Å². The summed E-state index contributed by atoms with van der Waals surface area (Å²) in [6.07, 6.45) is 2.63. The molecule has 23 heavy (non-hydrogen) atoms. The van der Waals surface area contributed by atoms with Gasteiger partial charge in [0.2, 0.25) is 11.8 Å². The second-order valence-corrected chi connectivity index (χ2v) is 5.83. The fraction of sp³-hybridized carbons (Fsp3) is 0.333. The van der Waals surface area contributed by atoms with Crippen LogP contribution in [0.15, 0.2) is 48.7 Å². The number of ether oxygens (including phenoxy) is 1. The Bertz CT molecular complexity index is 658. The third kappa shape index (κ3) is 3.68. The minimum Gasteiger partial charge on any atom is -0.462 e. The summed E-state index contributed by atoms with van der Waals surface area (Å²) in [6, 6.07) is 13.8. The standard InChI is InChI=1S/C18H21N3O2/c1-12(14-7-8-17(20-10-14)23-11-19)21-18(22)16-9-15(16)13-5-3-2-4-6-13/h2-8,10,12,15-16H,9,11,19H2,1H3,(H,21,22)/t12-,15+,16-/m0/s1. The monoisotopic (exact) mass is 311 g/mol. The Balaban J connectivity index is 1.56. The summed E-state index contributed by atoms with van der Waals surface area (Å²) in [7, 11) is 0. The Morgan fingerprint density at radius 2 is 2.13 bits per heavy atom. The topological polar surface area (TPSA) is 77.2 Å². The zero-order chi connectivity index (χ0) is 16.2. The second kappa shape index (κ2) is 6.79. The van der Waals surface area contributed by atoms with Crippen LogP contribution in [-0.4, -0.2) is 17.6 Å². The number of amides is 1. The predicted octanol–water partition coefficient (Wildman–Crippen LogP) is 2.36. The van der Waals surface area contributed by atoms with E-state index < -0.39 is 0 Å². The molecule has 1 aromatic heterocycles. The van der Waals surface area contributed by atoms with E-state index in [0.717, 1.165) is 12.0 Å². The van der Waals surface area contributed by atoms with Crippen molar-refractivity contribution in [2.24, 2.45) is 11.7 Å². The van der Waals surface area contributed by atoms with Gasteiger partial charge in [0.1, 0.15) is 6.73 Å². The molecule has 1 amide bonds. The largest absolute Gasteiger partial charge is 0.462 e. The number of nitrogens with zero attached hydrogens (tertiary/aromatic N) is 1. The first-order valence-corrected chi connectivity index (χ1v) is 7.83. The van der Waals surface area contributed by atoms with Crippen molar-refractivity contribution in [3.63, 3.8) is 0 Å². The molecular weight excluding hydrogens is 290 g/mol. The molecule has 5 heteroatoms. The second-order valence-electron chi connectivity index (χ2n) is 5.83. The van der Waals surface area contributed by atoms with Gasteiger partial charge in [0.25, 0.3) is 0 Å². The first-order valence-electron chi connectivity index (χ1n) is 7.83. The normalized spacial score (nSPS) is 20.6. The summed E-state index contributed by atoms with van der Waals surface area (Å²) in [4.78, 5) is 16.5. The molecule has 120 valence electrons. The summed E-state index contributed by atoms with van der Waals surface area (Å²) in [5.74, 6) is 1.02. The Hall–Kier alpha value is -2.40. The Morgan fingerprint density at radius 3 is 2.78 bits per heavy atom. The molecule has 1 aliphatic carbocycles. The number of aromatic nitrogens is 1. The molecule has 1 heterocycles. The van der Waals surface area contributed by atoms with Crippen LogP contribution in [0.3, 0.4) is 0 Å². The maximum atomic E-state index is 12.4. The van der Waals surface area contributed by atoms with Gasteiger partial charge in [-0.3, -0.25) is 10.5 Å². The first-order chi connectivity index (χ1) is 11.2. The van der Waals surface area contributed by atoms with Gasteiger partial charge in [0.05, 0.1) is 6.04 Å². The smallest absolute Gasteiger partial charge is 0.224 e. The first kappa shape index (κ1) is 15.5. The van der Waals surface area contributed by atoms with E-state index in [9.17, 15) is 4.79 Å². The van der Waals surface area contributed by atoms with Crippen molar-refractivity contribution in [3.05, 3.63) is 59.8 Å². The molecule has 0 unspecified atom stereocenters. The molecule has 1 fully saturated rings. The van der Waals surface area contributed by atoms with Crippen LogP contribution >= 0.6 is 0 Å². The number of hydrogen-bond donors (Lipinski definition) is 2. The van der Waals surface area contributed by atoms with Gasteiger partial charge in [0, 0.05) is 18.2 Å². The predicted molar refractivity (Wildman–Crippen MR) is 87.8 cm³/mol. The fourth-order valence-electron chi connectivity index (χ4n) is 2.78. The average molecular weight is 311 g/mol. The molecule has 2 aromatic rings. The van der Waals surface area contributed by atoms with Crippen LogP contribution in [0.2, 0.25) is 0 Å². The van der Waals surface area contributed by atoms with Gasteiger partial charge in [-0.2, -0.15) is 0 Å². The molecule has 0 saturated heterocycles. The van der Waals surface area contributed by atoms with Gasteiger partial charge < -0.3 is 10.1 Å². The summed E-state index contributed by atoms with van der Waals surface area (Å²) in [6.45, 7) is 2.06. The minimum atomic E-state index is -0.0843. The molecule has 3 atom stereocenters. The van der Waals surface area contributed by atoms with Crippen molar-refractivity contribution in [2.75, 3.05) is 6.73 Å². The highest BCUT2D eigenvalue weighted by atomic mass is 16.5. The van der Waals surface area contributed by atoms with Crippen molar-refractivity contribution in [3.8, 4) is 5.88 Å². The quantitative estimate of drug-likeness (QED) is 0.803. The number of rotatable bonds is 6. The van der Waals surface area contributed by atoms with Gasteiger partial charge in [-0.15, -0.1) is 0 Å². The Morgan fingerprint density at radius 1 is 1.35 bits per heavy atom. The highest BCUT2D eigenvalue weighted by Gasteiger charge is 2.44. The molecule has 0 aliphatic heterocycles. The van der Waals surface area contributed by atoms with E-state index in [-0.39, 0.29) is 24.6 Å². The van der Waals surface area contributed by atoms with Gasteiger partial charge in [-0.25, -0.2) is 4.98 Å². The van der Waals surface area contributed by atoms with Crippen LogP contribution in [0.5, 0.6) is 5.88 Å². The highest BCUT2D eigenvalue weighted by molar-refractivity contribution is 5.83. The lowest BCUT2D eigenvalue weighted by Crippen LogP contribution is -2.28. The van der Waals surface area contributed by atoms with Crippen LogP contribution in [0.1, 0.15) is 36.4 Å². The van der Waals surface area contributed by atoms with Crippen molar-refractivity contribution < 1.29 is 9.53 Å². The van der Waals surface area contributed by atoms with Crippen LogP contribution in [0, 0.1) is 5.92 Å². The maximum Gasteiger partial charge on any atom is 0.224 e. The lowest BCUT2D eigenvalue weighted by atomic mass is 10.1. The van der Waals surface area contributed by atoms with Gasteiger partial charge in [-0.1, -0.05) is 36.4 Å². The van der Waals surface area contributed by atoms with Crippen molar-refractivity contribution in [1.82, 2.24) is 10.3 Å². The van der Waals surface area contributed by atoms with E-state index >= 15 is 0 Å². The van der Waals surface area contributed by atoms with Crippen molar-refractivity contribution in [1.29, 1.82) is 0 Å². The molecule has 1 saturated carbocycles. The number of benzene rings is 1. The minimum absolute atomic E-state index is 0.0765. The number of carbonyl (C=O) groups excluding carboxylic acids is 1. The number of hydrogen-bond acceptors (Lipinski definition) is 4. The zero-order valence-electron chi connectivity index (χ0n) is 13.1. The number of nitrogens with two attached hydrogens (primary N) is 1. The molecular formula is C18H21N3O2. The van der Waals surface area contributed by atoms with Crippen molar-refractivity contribution >= 4 is 5.91 Å². The molecule has 1 aliphatic rings. The summed E-state index contributed by atoms with van der Waals surface area (Å²) in [5.41, 5.74) is 7.49. The van der Waals surface area contributed by atoms with Crippen LogP contribution in [-0.2, 0) is 4.79 Å².